The van der Waals surface area contributed by atoms with Crippen LogP contribution in [0.5, 0.6) is 5.75 Å². The highest BCUT2D eigenvalue weighted by atomic mass is 32.2. The van der Waals surface area contributed by atoms with Gasteiger partial charge in [-0.3, -0.25) is 4.55 Å². The van der Waals surface area contributed by atoms with E-state index in [1.54, 1.807) is 33.9 Å². The number of hydrogen-bond donors (Lipinski definition) is 1. The second kappa shape index (κ2) is 5.50. The fourth-order valence-electron chi connectivity index (χ4n) is 1.32. The Morgan fingerprint density at radius 3 is 1.59 bits per heavy atom. The van der Waals surface area contributed by atoms with Gasteiger partial charge < -0.3 is 4.43 Å². The zero-order chi connectivity index (χ0) is 17.7. The van der Waals surface area contributed by atoms with Gasteiger partial charge in [-0.15, -0.1) is 0 Å². The third-order valence-electron chi connectivity index (χ3n) is 3.60. The fraction of sp³-hybridized carbons (Fsp3) is 0.500. The van der Waals surface area contributed by atoms with Crippen LogP contribution in [0, 0.1) is 23.3 Å². The summed E-state index contributed by atoms with van der Waals surface area (Å²) in [5.74, 6) is -9.79. The van der Waals surface area contributed by atoms with Gasteiger partial charge in [0, 0.05) is 0 Å². The van der Waals surface area contributed by atoms with Crippen LogP contribution in [0.1, 0.15) is 20.8 Å². The summed E-state index contributed by atoms with van der Waals surface area (Å²) >= 11 is 0. The molecular formula is C12H16F4O4SSi. The Kier molecular flexibility index (Phi) is 4.73. The molecule has 0 radical (unpaired) electrons. The lowest BCUT2D eigenvalue weighted by Gasteiger charge is -2.36. The number of rotatable bonds is 3. The van der Waals surface area contributed by atoms with E-state index >= 15 is 0 Å². The van der Waals surface area contributed by atoms with Crippen molar-refractivity contribution < 1.29 is 35.0 Å². The molecule has 0 saturated heterocycles. The molecular weight excluding hydrogens is 344 g/mol. The third kappa shape index (κ3) is 3.28. The van der Waals surface area contributed by atoms with Gasteiger partial charge in [-0.2, -0.15) is 17.2 Å². The molecule has 22 heavy (non-hydrogen) atoms. The van der Waals surface area contributed by atoms with Crippen molar-refractivity contribution >= 4 is 18.4 Å². The van der Waals surface area contributed by atoms with E-state index in [-0.39, 0.29) is 0 Å². The van der Waals surface area contributed by atoms with E-state index < -0.39 is 57.4 Å². The van der Waals surface area contributed by atoms with Crippen LogP contribution in [0.3, 0.4) is 0 Å². The molecule has 0 aliphatic heterocycles. The van der Waals surface area contributed by atoms with Crippen molar-refractivity contribution in [3.05, 3.63) is 23.3 Å². The van der Waals surface area contributed by atoms with Crippen molar-refractivity contribution in [2.24, 2.45) is 0 Å². The number of benzene rings is 1. The maximum absolute atomic E-state index is 13.9. The second-order valence-electron chi connectivity index (χ2n) is 6.25. The first kappa shape index (κ1) is 18.9. The Morgan fingerprint density at radius 1 is 0.955 bits per heavy atom. The molecule has 1 rings (SSSR count). The molecule has 0 spiro atoms. The van der Waals surface area contributed by atoms with Crippen LogP contribution in [0.4, 0.5) is 17.6 Å². The second-order valence-corrected chi connectivity index (χ2v) is 12.3. The number of halogens is 4. The van der Waals surface area contributed by atoms with E-state index in [1.807, 2.05) is 0 Å². The van der Waals surface area contributed by atoms with Gasteiger partial charge in [0.2, 0.25) is 11.6 Å². The summed E-state index contributed by atoms with van der Waals surface area (Å²) in [6.07, 6.45) is 0. The summed E-state index contributed by atoms with van der Waals surface area (Å²) in [5, 5.41) is -0.527. The Balaban J connectivity index is 3.62. The van der Waals surface area contributed by atoms with Crippen molar-refractivity contribution in [2.45, 2.75) is 43.8 Å². The first-order chi connectivity index (χ1) is 9.61. The first-order valence-corrected chi connectivity index (χ1v) is 10.5. The molecule has 0 bridgehead atoms. The van der Waals surface area contributed by atoms with Crippen LogP contribution < -0.4 is 4.43 Å². The first-order valence-electron chi connectivity index (χ1n) is 6.13. The summed E-state index contributed by atoms with van der Waals surface area (Å²) in [4.78, 5) is -2.08. The average Bonchev–Trinajstić information content (AvgIpc) is 2.29. The van der Waals surface area contributed by atoms with Gasteiger partial charge >= 0.3 is 10.1 Å². The van der Waals surface area contributed by atoms with Crippen LogP contribution in [0.15, 0.2) is 4.90 Å². The molecule has 0 heterocycles. The normalized spacial score (nSPS) is 13.4. The highest BCUT2D eigenvalue weighted by Crippen LogP contribution is 2.40. The van der Waals surface area contributed by atoms with Crippen molar-refractivity contribution in [3.63, 3.8) is 0 Å². The zero-order valence-corrected chi connectivity index (χ0v) is 14.4. The van der Waals surface area contributed by atoms with Crippen LogP contribution in [-0.4, -0.2) is 21.3 Å². The molecule has 0 aliphatic carbocycles. The topological polar surface area (TPSA) is 63.6 Å². The molecule has 0 atom stereocenters. The summed E-state index contributed by atoms with van der Waals surface area (Å²) in [5.41, 5.74) is 0. The van der Waals surface area contributed by atoms with Crippen LogP contribution in [0.2, 0.25) is 18.1 Å². The lowest BCUT2D eigenvalue weighted by molar-refractivity contribution is 0.357. The van der Waals surface area contributed by atoms with E-state index in [0.29, 0.717) is 0 Å². The molecule has 1 N–H and O–H groups in total. The van der Waals surface area contributed by atoms with Gasteiger partial charge in [0.05, 0.1) is 0 Å². The highest BCUT2D eigenvalue weighted by molar-refractivity contribution is 7.85. The fourth-order valence-corrected chi connectivity index (χ4v) is 2.94. The summed E-state index contributed by atoms with van der Waals surface area (Å²) < 4.78 is 90.7. The molecule has 0 fully saturated rings. The molecule has 1 aromatic rings. The maximum Gasteiger partial charge on any atom is 0.300 e. The predicted molar refractivity (Wildman–Crippen MR) is 73.9 cm³/mol. The standard InChI is InChI=1S/C12H16F4O4SSi/c1-12(2,3)22(4,5)20-10-6(13)8(15)11(21(17,18)19)9(16)7(10)14/h1-5H3,(H,17,18,19). The minimum Gasteiger partial charge on any atom is -0.539 e. The summed E-state index contributed by atoms with van der Waals surface area (Å²) in [6.45, 7) is 8.35. The number of hydrogen-bond acceptors (Lipinski definition) is 3. The highest BCUT2D eigenvalue weighted by Gasteiger charge is 2.42. The minimum absolute atomic E-state index is 0.527. The predicted octanol–water partition coefficient (Wildman–Crippen LogP) is 3.87. The largest absolute Gasteiger partial charge is 0.539 e. The Morgan fingerprint density at radius 2 is 1.32 bits per heavy atom. The molecule has 0 saturated carbocycles. The smallest absolute Gasteiger partial charge is 0.300 e. The van der Waals surface area contributed by atoms with Crippen LogP contribution >= 0.6 is 0 Å². The van der Waals surface area contributed by atoms with E-state index in [2.05, 4.69) is 0 Å². The maximum atomic E-state index is 13.9. The minimum atomic E-state index is -5.47. The molecule has 0 aromatic heterocycles. The Labute approximate surface area is 127 Å². The molecule has 0 unspecified atom stereocenters. The van der Waals surface area contributed by atoms with Gasteiger partial charge in [0.25, 0.3) is 8.32 Å². The Bertz CT molecular complexity index is 682. The van der Waals surface area contributed by atoms with Gasteiger partial charge in [-0.25, -0.2) is 8.78 Å². The van der Waals surface area contributed by atoms with Gasteiger partial charge in [-0.05, 0) is 18.1 Å². The van der Waals surface area contributed by atoms with E-state index in [4.69, 9.17) is 8.98 Å². The molecule has 126 valence electrons. The van der Waals surface area contributed by atoms with E-state index in [0.717, 1.165) is 0 Å². The average molecular weight is 360 g/mol. The summed E-state index contributed by atoms with van der Waals surface area (Å²) in [6, 6.07) is 0. The molecule has 0 amide bonds. The monoisotopic (exact) mass is 360 g/mol. The van der Waals surface area contributed by atoms with Crippen molar-refractivity contribution in [1.82, 2.24) is 0 Å². The van der Waals surface area contributed by atoms with Crippen LogP contribution in [0.25, 0.3) is 0 Å². The summed E-state index contributed by atoms with van der Waals surface area (Å²) in [7, 11) is -8.32. The van der Waals surface area contributed by atoms with Gasteiger partial charge in [-0.1, -0.05) is 20.8 Å². The lowest BCUT2D eigenvalue weighted by Crippen LogP contribution is -2.44. The quantitative estimate of drug-likeness (QED) is 0.385. The van der Waals surface area contributed by atoms with E-state index in [1.165, 1.54) is 0 Å². The van der Waals surface area contributed by atoms with Gasteiger partial charge in [0.1, 0.15) is 0 Å². The van der Waals surface area contributed by atoms with Crippen molar-refractivity contribution in [2.75, 3.05) is 0 Å². The molecule has 4 nitrogen and oxygen atoms in total. The van der Waals surface area contributed by atoms with Gasteiger partial charge in [0.15, 0.2) is 22.3 Å². The van der Waals surface area contributed by atoms with Crippen molar-refractivity contribution in [3.8, 4) is 5.75 Å². The third-order valence-corrected chi connectivity index (χ3v) is 8.81. The molecule has 10 heteroatoms. The lowest BCUT2D eigenvalue weighted by atomic mass is 10.2. The molecule has 0 aliphatic rings. The molecule has 1 aromatic carbocycles. The van der Waals surface area contributed by atoms with Crippen molar-refractivity contribution in [1.29, 1.82) is 0 Å². The SMILES string of the molecule is CC(C)(C)[Si](C)(C)Oc1c(F)c(F)c(S(=O)(=O)O)c(F)c1F. The zero-order valence-electron chi connectivity index (χ0n) is 12.6. The Hall–Kier alpha value is -1.13. The van der Waals surface area contributed by atoms with E-state index in [9.17, 15) is 26.0 Å². The van der Waals surface area contributed by atoms with Crippen LogP contribution in [-0.2, 0) is 10.1 Å².